The van der Waals surface area contributed by atoms with Crippen LogP contribution in [0.3, 0.4) is 0 Å². The smallest absolute Gasteiger partial charge is 0.323 e. The molecule has 0 aliphatic carbocycles. The highest BCUT2D eigenvalue weighted by Gasteiger charge is 2.16. The van der Waals surface area contributed by atoms with Crippen LogP contribution in [0.15, 0.2) is 83.8 Å². The largest absolute Gasteiger partial charge is 0.334 e. The summed E-state index contributed by atoms with van der Waals surface area (Å²) in [6.07, 6.45) is 0. The lowest BCUT2D eigenvalue weighted by Crippen LogP contribution is -2.28. The predicted molar refractivity (Wildman–Crippen MR) is 129 cm³/mol. The van der Waals surface area contributed by atoms with Crippen molar-refractivity contribution in [2.24, 2.45) is 0 Å². The van der Waals surface area contributed by atoms with Gasteiger partial charge >= 0.3 is 12.1 Å². The van der Waals surface area contributed by atoms with Gasteiger partial charge in [-0.05, 0) is 48.0 Å². The van der Waals surface area contributed by atoms with Gasteiger partial charge in [-0.25, -0.2) is 22.3 Å². The molecule has 0 spiro atoms. The van der Waals surface area contributed by atoms with Gasteiger partial charge in [0.1, 0.15) is 0 Å². The van der Waals surface area contributed by atoms with Gasteiger partial charge in [-0.1, -0.05) is 36.4 Å². The number of hydrogen-bond acceptors (Lipinski definition) is 4. The van der Waals surface area contributed by atoms with Gasteiger partial charge < -0.3 is 21.3 Å². The van der Waals surface area contributed by atoms with E-state index in [1.165, 1.54) is 26.2 Å². The van der Waals surface area contributed by atoms with Gasteiger partial charge in [0.25, 0.3) is 0 Å². The second-order valence-electron chi connectivity index (χ2n) is 7.27. The van der Waals surface area contributed by atoms with Crippen LogP contribution in [0.25, 0.3) is 0 Å². The van der Waals surface area contributed by atoms with E-state index in [4.69, 9.17) is 0 Å². The molecule has 3 aromatic rings. The Hall–Kier alpha value is -3.89. The molecule has 3 aromatic carbocycles. The Labute approximate surface area is 192 Å². The first-order valence-electron chi connectivity index (χ1n) is 10.0. The van der Waals surface area contributed by atoms with Crippen LogP contribution in [0.5, 0.6) is 0 Å². The maximum atomic E-state index is 12.3. The first-order valence-corrected chi connectivity index (χ1v) is 11.5. The first-order chi connectivity index (χ1) is 15.7. The Balaban J connectivity index is 1.52. The third-order valence-corrected chi connectivity index (χ3v) is 6.39. The fourth-order valence-corrected chi connectivity index (χ4v) is 3.74. The minimum Gasteiger partial charge on any atom is -0.334 e. The lowest BCUT2D eigenvalue weighted by molar-refractivity contribution is 0.251. The molecule has 4 N–H and O–H groups in total. The van der Waals surface area contributed by atoms with Gasteiger partial charge in [0.15, 0.2) is 0 Å². The Morgan fingerprint density at radius 3 is 1.88 bits per heavy atom. The molecule has 0 fully saturated rings. The van der Waals surface area contributed by atoms with Crippen LogP contribution >= 0.6 is 0 Å². The predicted octanol–water partition coefficient (Wildman–Crippen LogP) is 3.90. The number of amides is 4. The van der Waals surface area contributed by atoms with E-state index in [-0.39, 0.29) is 11.4 Å². The highest BCUT2D eigenvalue weighted by molar-refractivity contribution is 7.89. The number of carbonyl (C=O) groups excluding carboxylic acids is 2. The summed E-state index contributed by atoms with van der Waals surface area (Å²) in [5, 5.41) is 10.8. The van der Waals surface area contributed by atoms with E-state index in [9.17, 15) is 18.0 Å². The molecule has 3 rings (SSSR count). The Kier molecular flexibility index (Phi) is 7.65. The fraction of sp³-hybridized carbons (Fsp3) is 0.130. The average molecular weight is 468 g/mol. The molecule has 172 valence electrons. The molecule has 0 atom stereocenters. The summed E-state index contributed by atoms with van der Waals surface area (Å²) in [4.78, 5) is 24.6. The summed E-state index contributed by atoms with van der Waals surface area (Å²) >= 11 is 0. The fourth-order valence-electron chi connectivity index (χ4n) is 2.84. The zero-order chi connectivity index (χ0) is 23.8. The van der Waals surface area contributed by atoms with Crippen molar-refractivity contribution in [3.05, 3.63) is 84.4 Å². The number of hydrogen-bond donors (Lipinski definition) is 4. The highest BCUT2D eigenvalue weighted by Crippen LogP contribution is 2.16. The number of nitrogens with one attached hydrogen (secondary N) is 4. The van der Waals surface area contributed by atoms with Gasteiger partial charge in [-0.2, -0.15) is 0 Å². The maximum absolute atomic E-state index is 12.3. The van der Waals surface area contributed by atoms with Crippen LogP contribution in [0.4, 0.5) is 26.7 Å². The molecule has 0 aromatic heterocycles. The topological polar surface area (TPSA) is 120 Å². The number of nitrogens with zero attached hydrogens (tertiary/aromatic N) is 1. The molecule has 0 radical (unpaired) electrons. The molecule has 9 nitrogen and oxygen atoms in total. The van der Waals surface area contributed by atoms with E-state index in [2.05, 4.69) is 21.3 Å². The van der Waals surface area contributed by atoms with Gasteiger partial charge in [-0.15, -0.1) is 0 Å². The van der Waals surface area contributed by atoms with Gasteiger partial charge in [0.2, 0.25) is 10.0 Å². The third-order valence-electron chi connectivity index (χ3n) is 4.56. The van der Waals surface area contributed by atoms with Crippen molar-refractivity contribution in [1.29, 1.82) is 0 Å². The van der Waals surface area contributed by atoms with Crippen LogP contribution in [0, 0.1) is 0 Å². The van der Waals surface area contributed by atoms with Gasteiger partial charge in [0, 0.05) is 37.7 Å². The standard InChI is InChI=1S/C23H25N5O4S/c1-28(2)33(31,32)21-13-11-17(12-14-21)16-24-22(29)26-19-9-6-10-20(15-19)27-23(30)25-18-7-4-3-5-8-18/h3-15H,16H2,1-2H3,(H2,24,26,29)(H2,25,27,30). The highest BCUT2D eigenvalue weighted by atomic mass is 32.2. The number of benzene rings is 3. The second-order valence-corrected chi connectivity index (χ2v) is 9.42. The minimum atomic E-state index is -3.50. The third kappa shape index (κ3) is 6.79. The van der Waals surface area contributed by atoms with Crippen LogP contribution in [-0.2, 0) is 16.6 Å². The van der Waals surface area contributed by atoms with Crippen molar-refractivity contribution in [3.63, 3.8) is 0 Å². The summed E-state index contributed by atoms with van der Waals surface area (Å²) in [7, 11) is -0.562. The summed E-state index contributed by atoms with van der Waals surface area (Å²) in [6.45, 7) is 0.214. The molecule has 0 bridgehead atoms. The average Bonchev–Trinajstić information content (AvgIpc) is 2.78. The van der Waals surface area contributed by atoms with Gasteiger partial charge in [-0.3, -0.25) is 0 Å². The van der Waals surface area contributed by atoms with E-state index < -0.39 is 22.1 Å². The van der Waals surface area contributed by atoms with Crippen LogP contribution in [0.2, 0.25) is 0 Å². The molecular weight excluding hydrogens is 442 g/mol. The molecule has 33 heavy (non-hydrogen) atoms. The Morgan fingerprint density at radius 2 is 1.27 bits per heavy atom. The zero-order valence-corrected chi connectivity index (χ0v) is 19.0. The van der Waals surface area contributed by atoms with Crippen molar-refractivity contribution in [1.82, 2.24) is 9.62 Å². The van der Waals surface area contributed by atoms with E-state index in [1.54, 1.807) is 48.5 Å². The van der Waals surface area contributed by atoms with Crippen molar-refractivity contribution >= 4 is 39.1 Å². The van der Waals surface area contributed by atoms with E-state index in [0.717, 1.165) is 9.87 Å². The molecule has 0 unspecified atom stereocenters. The number of anilines is 3. The summed E-state index contributed by atoms with van der Waals surface area (Å²) < 4.78 is 25.4. The quantitative estimate of drug-likeness (QED) is 0.421. The van der Waals surface area contributed by atoms with Crippen molar-refractivity contribution in [3.8, 4) is 0 Å². The Morgan fingerprint density at radius 1 is 0.727 bits per heavy atom. The minimum absolute atomic E-state index is 0.182. The van der Waals surface area contributed by atoms with E-state index in [1.807, 2.05) is 18.2 Å². The zero-order valence-electron chi connectivity index (χ0n) is 18.2. The van der Waals surface area contributed by atoms with E-state index >= 15 is 0 Å². The number of urea groups is 2. The molecule has 4 amide bonds. The molecule has 0 saturated heterocycles. The molecule has 0 aliphatic heterocycles. The first kappa shape index (κ1) is 23.8. The van der Waals surface area contributed by atoms with Crippen molar-refractivity contribution in [2.45, 2.75) is 11.4 Å². The molecule has 0 heterocycles. The van der Waals surface area contributed by atoms with Crippen LogP contribution in [-0.4, -0.2) is 38.9 Å². The van der Waals surface area contributed by atoms with Crippen LogP contribution < -0.4 is 21.3 Å². The second kappa shape index (κ2) is 10.6. The van der Waals surface area contributed by atoms with E-state index in [0.29, 0.717) is 17.1 Å². The lowest BCUT2D eigenvalue weighted by atomic mass is 10.2. The number of para-hydroxylation sites is 1. The van der Waals surface area contributed by atoms with Gasteiger partial charge in [0.05, 0.1) is 4.90 Å². The molecule has 10 heteroatoms. The lowest BCUT2D eigenvalue weighted by Gasteiger charge is -2.12. The SMILES string of the molecule is CN(C)S(=O)(=O)c1ccc(CNC(=O)Nc2cccc(NC(=O)Nc3ccccc3)c2)cc1. The number of carbonyl (C=O) groups is 2. The summed E-state index contributed by atoms with van der Waals surface area (Å²) in [5.41, 5.74) is 2.42. The summed E-state index contributed by atoms with van der Waals surface area (Å²) in [5.74, 6) is 0. The molecular formula is C23H25N5O4S. The summed E-state index contributed by atoms with van der Waals surface area (Å²) in [6, 6.07) is 21.2. The van der Waals surface area contributed by atoms with Crippen molar-refractivity contribution < 1.29 is 18.0 Å². The monoisotopic (exact) mass is 467 g/mol. The normalized spacial score (nSPS) is 11.0. The Bertz CT molecular complexity index is 1210. The number of sulfonamides is 1. The maximum Gasteiger partial charge on any atom is 0.323 e. The van der Waals surface area contributed by atoms with Crippen molar-refractivity contribution in [2.75, 3.05) is 30.0 Å². The van der Waals surface area contributed by atoms with Crippen LogP contribution in [0.1, 0.15) is 5.56 Å². The molecule has 0 aliphatic rings. The molecule has 0 saturated carbocycles. The number of rotatable bonds is 7.